The highest BCUT2D eigenvalue weighted by Crippen LogP contribution is 2.66. The number of nitrogens with zero attached hydrogens (tertiary/aromatic N) is 5. The lowest BCUT2D eigenvalue weighted by Crippen LogP contribution is -2.26. The number of hydrogen-bond donors (Lipinski definition) is 6. The van der Waals surface area contributed by atoms with Crippen molar-refractivity contribution in [1.82, 2.24) is 19.5 Å². The molecular formula is C11H17N6O12P3. The van der Waals surface area contributed by atoms with Crippen molar-refractivity contribution in [3.8, 4) is 0 Å². The van der Waals surface area contributed by atoms with Crippen molar-refractivity contribution in [1.29, 1.82) is 0 Å². The molecule has 5 unspecified atom stereocenters. The summed E-state index contributed by atoms with van der Waals surface area (Å²) in [6.07, 6.45) is -2.36. The molecule has 0 amide bonds. The number of ether oxygens (including phenoxy) is 1. The second kappa shape index (κ2) is 8.95. The van der Waals surface area contributed by atoms with Crippen LogP contribution >= 0.6 is 23.5 Å². The summed E-state index contributed by atoms with van der Waals surface area (Å²) in [6.45, 7) is 2.53. The number of aliphatic hydroxyl groups excluding tert-OH is 1. The molecule has 3 rings (SSSR count). The molecule has 0 aromatic carbocycles. The summed E-state index contributed by atoms with van der Waals surface area (Å²) in [5.74, 6) is 0.0966. The molecule has 32 heavy (non-hydrogen) atoms. The molecule has 5 atom stereocenters. The van der Waals surface area contributed by atoms with Crippen LogP contribution in [0.2, 0.25) is 0 Å². The maximum Gasteiger partial charge on any atom is 0.490 e. The van der Waals surface area contributed by atoms with Crippen LogP contribution in [0.5, 0.6) is 0 Å². The van der Waals surface area contributed by atoms with Gasteiger partial charge < -0.3 is 35.2 Å². The lowest BCUT2D eigenvalue weighted by molar-refractivity contribution is -0.0416. The monoisotopic (exact) mass is 518 g/mol. The van der Waals surface area contributed by atoms with Gasteiger partial charge in [-0.15, -0.1) is 0 Å². The summed E-state index contributed by atoms with van der Waals surface area (Å²) in [7, 11) is -16.6. The first-order valence-electron chi connectivity index (χ1n) is 8.28. The van der Waals surface area contributed by atoms with Gasteiger partial charge in [-0.05, 0) is 6.72 Å². The second-order valence-electron chi connectivity index (χ2n) is 6.19. The summed E-state index contributed by atoms with van der Waals surface area (Å²) in [4.78, 5) is 51.4. The number of phosphoric ester groups is 1. The van der Waals surface area contributed by atoms with Crippen molar-refractivity contribution in [3.05, 3.63) is 6.33 Å². The van der Waals surface area contributed by atoms with Gasteiger partial charge in [0.25, 0.3) is 0 Å². The molecule has 2 aromatic heterocycles. The number of nitrogens with two attached hydrogens (primary N) is 1. The molecule has 1 aliphatic heterocycles. The molecule has 7 N–H and O–H groups in total. The second-order valence-corrected chi connectivity index (χ2v) is 10.6. The molecule has 178 valence electrons. The van der Waals surface area contributed by atoms with E-state index in [2.05, 4.69) is 39.8 Å². The van der Waals surface area contributed by atoms with Crippen LogP contribution in [0, 0.1) is 0 Å². The minimum Gasteiger partial charge on any atom is -0.390 e. The maximum absolute atomic E-state index is 11.8. The topological polar surface area (TPSA) is 271 Å². The van der Waals surface area contributed by atoms with Gasteiger partial charge in [-0.1, -0.05) is 0 Å². The molecule has 2 aromatic rings. The Morgan fingerprint density at radius 2 is 1.91 bits per heavy atom. The van der Waals surface area contributed by atoms with Crippen LogP contribution in [0.4, 0.5) is 11.8 Å². The van der Waals surface area contributed by atoms with Gasteiger partial charge in [-0.25, -0.2) is 33.6 Å². The van der Waals surface area contributed by atoms with E-state index in [9.17, 15) is 23.7 Å². The molecule has 3 heterocycles. The fraction of sp³-hybridized carbons (Fsp3) is 0.455. The number of aliphatic hydroxyl groups is 1. The highest BCUT2D eigenvalue weighted by molar-refractivity contribution is 7.66. The van der Waals surface area contributed by atoms with Gasteiger partial charge in [-0.3, -0.25) is 9.09 Å². The molecule has 21 heteroatoms. The van der Waals surface area contributed by atoms with Gasteiger partial charge in [0.1, 0.15) is 18.7 Å². The number of aliphatic imine (C=N–C) groups is 1. The molecule has 0 radical (unpaired) electrons. The molecule has 1 saturated heterocycles. The lowest BCUT2D eigenvalue weighted by atomic mass is 10.2. The van der Waals surface area contributed by atoms with E-state index in [1.807, 2.05) is 0 Å². The van der Waals surface area contributed by atoms with Crippen molar-refractivity contribution < 1.29 is 56.3 Å². The largest absolute Gasteiger partial charge is 0.490 e. The van der Waals surface area contributed by atoms with Crippen molar-refractivity contribution >= 4 is 53.1 Å². The quantitative estimate of drug-likeness (QED) is 0.184. The summed E-state index contributed by atoms with van der Waals surface area (Å²) in [5, 5.41) is 10.2. The summed E-state index contributed by atoms with van der Waals surface area (Å²) in [5.41, 5.74) is 6.33. The van der Waals surface area contributed by atoms with Crippen LogP contribution in [0.15, 0.2) is 11.3 Å². The predicted octanol–water partition coefficient (Wildman–Crippen LogP) is -0.268. The fourth-order valence-corrected chi connectivity index (χ4v) is 5.84. The number of nitrogen functional groups attached to an aromatic ring is 1. The van der Waals surface area contributed by atoms with E-state index in [1.165, 1.54) is 10.9 Å². The molecule has 0 aliphatic carbocycles. The third-order valence-corrected chi connectivity index (χ3v) is 7.75. The summed E-state index contributed by atoms with van der Waals surface area (Å²) < 4.78 is 52.4. The first-order valence-corrected chi connectivity index (χ1v) is 12.8. The zero-order valence-electron chi connectivity index (χ0n) is 15.7. The third-order valence-electron chi connectivity index (χ3n) is 3.94. The van der Waals surface area contributed by atoms with E-state index < -0.39 is 48.5 Å². The number of aromatic nitrogens is 4. The van der Waals surface area contributed by atoms with E-state index in [0.717, 1.165) is 0 Å². The smallest absolute Gasteiger partial charge is 0.390 e. The average Bonchev–Trinajstić information content (AvgIpc) is 3.15. The number of hydrogen-bond acceptors (Lipinski definition) is 13. The average molecular weight is 518 g/mol. The van der Waals surface area contributed by atoms with Gasteiger partial charge in [0.05, 0.1) is 12.7 Å². The normalized spacial score (nSPS) is 25.5. The Bertz CT molecular complexity index is 1170. The molecule has 0 bridgehead atoms. The van der Waals surface area contributed by atoms with Gasteiger partial charge >= 0.3 is 23.5 Å². The SMILES string of the molecule is C=Nc1ncnc2c1nc(N)n2C1CC(O)C(COP(=O)(O)OP(=O)(O)OP(=O)(O)O)O1. The van der Waals surface area contributed by atoms with Gasteiger partial charge in [-0.2, -0.15) is 8.62 Å². The molecule has 1 aliphatic rings. The minimum atomic E-state index is -5.67. The van der Waals surface area contributed by atoms with Gasteiger partial charge in [0, 0.05) is 6.42 Å². The van der Waals surface area contributed by atoms with E-state index in [0.29, 0.717) is 0 Å². The number of phosphoric acid groups is 3. The highest BCUT2D eigenvalue weighted by atomic mass is 31.3. The Morgan fingerprint density at radius 1 is 1.22 bits per heavy atom. The number of imidazole rings is 1. The Morgan fingerprint density at radius 3 is 2.53 bits per heavy atom. The summed E-state index contributed by atoms with van der Waals surface area (Å²) >= 11 is 0. The van der Waals surface area contributed by atoms with Crippen LogP contribution in [0.3, 0.4) is 0 Å². The van der Waals surface area contributed by atoms with Crippen molar-refractivity contribution in [2.24, 2.45) is 4.99 Å². The van der Waals surface area contributed by atoms with Crippen LogP contribution in [0.25, 0.3) is 11.2 Å². The maximum atomic E-state index is 11.8. The van der Waals surface area contributed by atoms with E-state index >= 15 is 0 Å². The summed E-state index contributed by atoms with van der Waals surface area (Å²) in [6, 6.07) is 0. The molecule has 1 fully saturated rings. The lowest BCUT2D eigenvalue weighted by Gasteiger charge is -2.19. The zero-order valence-corrected chi connectivity index (χ0v) is 18.4. The van der Waals surface area contributed by atoms with Crippen molar-refractivity contribution in [2.45, 2.75) is 24.9 Å². The van der Waals surface area contributed by atoms with Crippen LogP contribution in [-0.2, 0) is 31.6 Å². The first-order chi connectivity index (χ1) is 14.7. The fourth-order valence-electron chi connectivity index (χ4n) is 2.81. The Kier molecular flexibility index (Phi) is 6.98. The van der Waals surface area contributed by atoms with Gasteiger partial charge in [0.15, 0.2) is 17.0 Å². The first kappa shape index (κ1) is 25.0. The Labute approximate surface area is 178 Å². The van der Waals surface area contributed by atoms with Crippen LogP contribution in [0.1, 0.15) is 12.6 Å². The molecule has 0 spiro atoms. The van der Waals surface area contributed by atoms with Gasteiger partial charge in [0.2, 0.25) is 5.95 Å². The molecule has 18 nitrogen and oxygen atoms in total. The van der Waals surface area contributed by atoms with E-state index in [-0.39, 0.29) is 29.4 Å². The minimum absolute atomic E-state index is 0.0591. The van der Waals surface area contributed by atoms with Crippen LogP contribution < -0.4 is 5.73 Å². The van der Waals surface area contributed by atoms with Crippen molar-refractivity contribution in [2.75, 3.05) is 12.3 Å². The molecule has 0 saturated carbocycles. The number of fused-ring (bicyclic) bond motifs is 1. The highest BCUT2D eigenvalue weighted by Gasteiger charge is 2.43. The van der Waals surface area contributed by atoms with E-state index in [1.54, 1.807) is 0 Å². The predicted molar refractivity (Wildman–Crippen MR) is 103 cm³/mol. The zero-order chi connectivity index (χ0) is 23.9. The molecular weight excluding hydrogens is 501 g/mol. The number of anilines is 1. The Balaban J connectivity index is 1.70. The number of rotatable bonds is 9. The standard InChI is InChI=1S/C11H17N6O12P3/c1-13-9-8-10(15-4-14-9)17(11(12)16-8)7-2-5(18)6(27-7)3-26-31(22,23)29-32(24,25)28-30(19,20)21/h4-7,18H,1-3H2,(H2,12,16)(H,22,23)(H,24,25)(H2,19,20,21). The third kappa shape index (κ3) is 5.82. The van der Waals surface area contributed by atoms with Crippen LogP contribution in [-0.4, -0.2) is 69.7 Å². The Hall–Kier alpha value is -1.65. The van der Waals surface area contributed by atoms with E-state index in [4.69, 9.17) is 25.2 Å². The van der Waals surface area contributed by atoms with Crippen molar-refractivity contribution in [3.63, 3.8) is 0 Å².